The predicted molar refractivity (Wildman–Crippen MR) is 233 cm³/mol. The van der Waals surface area contributed by atoms with Crippen molar-refractivity contribution in [3.05, 3.63) is 209 Å². The zero-order valence-corrected chi connectivity index (χ0v) is 31.1. The first-order valence-corrected chi connectivity index (χ1v) is 20.1. The predicted octanol–water partition coefficient (Wildman–Crippen LogP) is 11.8. The minimum Gasteiger partial charge on any atom is -0.334 e. The van der Waals surface area contributed by atoms with Crippen LogP contribution < -0.4 is 15.5 Å². The molecule has 1 aromatic heterocycles. The van der Waals surface area contributed by atoms with Gasteiger partial charge in [0, 0.05) is 43.7 Å². The summed E-state index contributed by atoms with van der Waals surface area (Å²) in [5.41, 5.74) is 14.0. The molecule has 3 atom stereocenters. The Hall–Kier alpha value is -6.29. The van der Waals surface area contributed by atoms with Gasteiger partial charge in [0.05, 0.1) is 16.9 Å². The van der Waals surface area contributed by atoms with Crippen LogP contribution in [0.4, 0.5) is 11.4 Å². The summed E-state index contributed by atoms with van der Waals surface area (Å²) in [4.78, 5) is 3.94. The number of hydrogen-bond donors (Lipinski definition) is 0. The van der Waals surface area contributed by atoms with Crippen LogP contribution in [-0.4, -0.2) is 15.9 Å². The third-order valence-electron chi connectivity index (χ3n) is 11.7. The fourth-order valence-corrected chi connectivity index (χ4v) is 10.5. The van der Waals surface area contributed by atoms with E-state index in [-0.39, 0.29) is 6.04 Å². The van der Waals surface area contributed by atoms with Crippen molar-refractivity contribution < 1.29 is 0 Å². The minimum atomic E-state index is 0.111. The lowest BCUT2D eigenvalue weighted by Crippen LogP contribution is -2.39. The van der Waals surface area contributed by atoms with E-state index in [1.165, 1.54) is 82.4 Å². The van der Waals surface area contributed by atoms with Gasteiger partial charge in [-0.1, -0.05) is 140 Å². The van der Waals surface area contributed by atoms with Crippen molar-refractivity contribution in [1.82, 2.24) is 4.57 Å². The van der Waals surface area contributed by atoms with Gasteiger partial charge in [0.1, 0.15) is 0 Å². The molecular formula is C52H38N2S. The SMILES string of the molecule is C1=CC2Sc3ccccc3C2c2cc(-c3ccc(N(c4ccc(-c5ccccc5)cc4)C4C=c5c(c6ccccc6n5-c5ccccc5)=CC4)cc3)ccc21. The van der Waals surface area contributed by atoms with Crippen molar-refractivity contribution in [3.63, 3.8) is 0 Å². The molecular weight excluding hydrogens is 685 g/mol. The highest BCUT2D eigenvalue weighted by Gasteiger charge is 2.36. The molecule has 1 aliphatic heterocycles. The van der Waals surface area contributed by atoms with Crippen LogP contribution >= 0.6 is 11.8 Å². The second-order valence-electron chi connectivity index (χ2n) is 14.8. The molecule has 0 saturated carbocycles. The normalized spacial score (nSPS) is 17.7. The van der Waals surface area contributed by atoms with Crippen molar-refractivity contribution >= 4 is 52.3 Å². The quantitative estimate of drug-likeness (QED) is 0.169. The van der Waals surface area contributed by atoms with Gasteiger partial charge < -0.3 is 9.47 Å². The van der Waals surface area contributed by atoms with Gasteiger partial charge in [0.15, 0.2) is 0 Å². The third-order valence-corrected chi connectivity index (χ3v) is 13.0. The van der Waals surface area contributed by atoms with Crippen molar-refractivity contribution in [3.8, 4) is 27.9 Å². The topological polar surface area (TPSA) is 8.17 Å². The van der Waals surface area contributed by atoms with Crippen LogP contribution in [0, 0.1) is 0 Å². The molecule has 0 spiro atoms. The maximum absolute atomic E-state index is 2.53. The van der Waals surface area contributed by atoms with Crippen molar-refractivity contribution in [2.75, 3.05) is 4.90 Å². The van der Waals surface area contributed by atoms with Gasteiger partial charge in [0.25, 0.3) is 0 Å². The van der Waals surface area contributed by atoms with Crippen LogP contribution in [0.1, 0.15) is 29.0 Å². The molecule has 2 nitrogen and oxygen atoms in total. The molecule has 3 aliphatic rings. The number of rotatable bonds is 6. The molecule has 55 heavy (non-hydrogen) atoms. The van der Waals surface area contributed by atoms with E-state index in [9.17, 15) is 0 Å². The first kappa shape index (κ1) is 32.2. The van der Waals surface area contributed by atoms with Crippen LogP contribution in [0.5, 0.6) is 0 Å². The van der Waals surface area contributed by atoms with Gasteiger partial charge in [-0.2, -0.15) is 0 Å². The Bertz CT molecular complexity index is 2870. The zero-order valence-electron chi connectivity index (χ0n) is 30.3. The Labute approximate surface area is 326 Å². The lowest BCUT2D eigenvalue weighted by Gasteiger charge is -2.33. The molecule has 0 N–H and O–H groups in total. The Morgan fingerprint density at radius 2 is 1.20 bits per heavy atom. The van der Waals surface area contributed by atoms with Crippen LogP contribution in [0.2, 0.25) is 0 Å². The standard InChI is InChI=1S/C52H38N2S/c1-3-11-35(12-4-1)36-21-26-41(27-22-36)53(43-30-31-45-44-15-7-9-17-48(44)54(49(45)34-43)40-13-5-2-6-14-40)42-28-23-37(24-29-42)39-20-19-38-25-32-51-52(47(38)33-39)46-16-8-10-18-50(46)55-51/h1-29,31-34,43,51-52H,30H2. The first-order valence-electron chi connectivity index (χ1n) is 19.3. The number of anilines is 2. The van der Waals surface area contributed by atoms with Crippen molar-refractivity contribution in [2.24, 2.45) is 0 Å². The minimum absolute atomic E-state index is 0.111. The Kier molecular flexibility index (Phi) is 7.74. The molecule has 0 amide bonds. The summed E-state index contributed by atoms with van der Waals surface area (Å²) in [6, 6.07) is 64.7. The fraction of sp³-hybridized carbons (Fsp3) is 0.0769. The van der Waals surface area contributed by atoms with Crippen LogP contribution in [0.15, 0.2) is 187 Å². The monoisotopic (exact) mass is 722 g/mol. The number of benzene rings is 7. The van der Waals surface area contributed by atoms with E-state index in [2.05, 4.69) is 210 Å². The molecule has 2 aliphatic carbocycles. The maximum Gasteiger partial charge on any atom is 0.0580 e. The van der Waals surface area contributed by atoms with E-state index in [1.807, 2.05) is 11.8 Å². The molecule has 2 heterocycles. The lowest BCUT2D eigenvalue weighted by molar-refractivity contribution is 0.829. The highest BCUT2D eigenvalue weighted by atomic mass is 32.2. The largest absolute Gasteiger partial charge is 0.334 e. The van der Waals surface area contributed by atoms with Crippen LogP contribution in [0.3, 0.4) is 0 Å². The molecule has 0 fully saturated rings. The number of para-hydroxylation sites is 2. The van der Waals surface area contributed by atoms with E-state index >= 15 is 0 Å². The van der Waals surface area contributed by atoms with Gasteiger partial charge >= 0.3 is 0 Å². The van der Waals surface area contributed by atoms with E-state index in [0.29, 0.717) is 11.2 Å². The van der Waals surface area contributed by atoms with Gasteiger partial charge in [-0.25, -0.2) is 0 Å². The number of thioether (sulfide) groups is 1. The lowest BCUT2D eigenvalue weighted by atomic mass is 9.81. The number of aromatic nitrogens is 1. The Balaban J connectivity index is 1.01. The zero-order chi connectivity index (χ0) is 36.3. The highest BCUT2D eigenvalue weighted by molar-refractivity contribution is 8.00. The number of fused-ring (bicyclic) bond motifs is 8. The number of nitrogens with zero attached hydrogens (tertiary/aromatic N) is 2. The average molecular weight is 723 g/mol. The summed E-state index contributed by atoms with van der Waals surface area (Å²) >= 11 is 2.00. The van der Waals surface area contributed by atoms with Crippen LogP contribution in [-0.2, 0) is 0 Å². The molecule has 0 bridgehead atoms. The van der Waals surface area contributed by atoms with Crippen molar-refractivity contribution in [1.29, 1.82) is 0 Å². The molecule has 3 unspecified atom stereocenters. The summed E-state index contributed by atoms with van der Waals surface area (Å²) in [6.45, 7) is 0. The van der Waals surface area contributed by atoms with Crippen molar-refractivity contribution in [2.45, 2.75) is 28.5 Å². The van der Waals surface area contributed by atoms with Gasteiger partial charge in [-0.3, -0.25) is 0 Å². The fourth-order valence-electron chi connectivity index (χ4n) is 9.08. The Morgan fingerprint density at radius 3 is 1.98 bits per heavy atom. The molecule has 0 radical (unpaired) electrons. The number of hydrogen-bond acceptors (Lipinski definition) is 2. The smallest absolute Gasteiger partial charge is 0.0580 e. The second-order valence-corrected chi connectivity index (χ2v) is 16.0. The summed E-state index contributed by atoms with van der Waals surface area (Å²) in [7, 11) is 0. The highest BCUT2D eigenvalue weighted by Crippen LogP contribution is 2.52. The molecule has 7 aromatic carbocycles. The van der Waals surface area contributed by atoms with Gasteiger partial charge in [0.2, 0.25) is 0 Å². The Morgan fingerprint density at radius 1 is 0.564 bits per heavy atom. The average Bonchev–Trinajstić information content (AvgIpc) is 3.81. The third kappa shape index (κ3) is 5.49. The first-order chi connectivity index (χ1) is 27.3. The van der Waals surface area contributed by atoms with E-state index in [0.717, 1.165) is 6.42 Å². The van der Waals surface area contributed by atoms with Gasteiger partial charge in [-0.15, -0.1) is 11.8 Å². The summed E-state index contributed by atoms with van der Waals surface area (Å²) in [5, 5.41) is 4.32. The maximum atomic E-state index is 2.53. The van der Waals surface area contributed by atoms with E-state index in [4.69, 9.17) is 0 Å². The molecule has 11 rings (SSSR count). The molecule has 0 saturated heterocycles. The summed E-state index contributed by atoms with van der Waals surface area (Å²) < 4.78 is 2.43. The molecule has 262 valence electrons. The molecule has 3 heteroatoms. The van der Waals surface area contributed by atoms with Gasteiger partial charge in [-0.05, 0) is 106 Å². The second kappa shape index (κ2) is 13.2. The molecule has 8 aromatic rings. The summed E-state index contributed by atoms with van der Waals surface area (Å²) in [5.74, 6) is 0.393. The van der Waals surface area contributed by atoms with E-state index < -0.39 is 0 Å². The summed E-state index contributed by atoms with van der Waals surface area (Å²) in [6.07, 6.45) is 10.6. The van der Waals surface area contributed by atoms with Crippen LogP contribution in [0.25, 0.3) is 57.1 Å². The van der Waals surface area contributed by atoms with E-state index in [1.54, 1.807) is 0 Å².